The molecule has 1 aliphatic carbocycles. The predicted molar refractivity (Wildman–Crippen MR) is 49.3 cm³/mol. The normalized spacial score (nSPS) is 24.4. The Balaban J connectivity index is 2.96. The molecule has 88 valence electrons. The van der Waals surface area contributed by atoms with Gasteiger partial charge in [0.25, 0.3) is 0 Å². The molecule has 0 aromatic rings. The highest BCUT2D eigenvalue weighted by molar-refractivity contribution is 5.76. The first-order valence-corrected chi connectivity index (χ1v) is 4.52. The van der Waals surface area contributed by atoms with E-state index in [4.69, 9.17) is 0 Å². The molecule has 0 saturated carbocycles. The second kappa shape index (κ2) is 4.82. The maximum atomic E-state index is 13.2. The Morgan fingerprint density at radius 1 is 1.62 bits per heavy atom. The fourth-order valence-corrected chi connectivity index (χ4v) is 1.26. The van der Waals surface area contributed by atoms with Gasteiger partial charge in [0.1, 0.15) is 12.1 Å². The van der Waals surface area contributed by atoms with Gasteiger partial charge in [-0.05, 0) is 13.0 Å². The molecule has 0 spiro atoms. The Labute approximate surface area is 89.5 Å². The molecular formula is C9H9F2NO4. The van der Waals surface area contributed by atoms with Crippen molar-refractivity contribution in [3.8, 4) is 0 Å². The van der Waals surface area contributed by atoms with E-state index in [2.05, 4.69) is 4.74 Å². The van der Waals surface area contributed by atoms with Crippen LogP contribution in [0.15, 0.2) is 23.7 Å². The van der Waals surface area contributed by atoms with E-state index in [9.17, 15) is 23.7 Å². The Hall–Kier alpha value is -1.79. The maximum absolute atomic E-state index is 13.2. The van der Waals surface area contributed by atoms with E-state index < -0.39 is 34.5 Å². The van der Waals surface area contributed by atoms with Crippen LogP contribution < -0.4 is 0 Å². The van der Waals surface area contributed by atoms with E-state index >= 15 is 0 Å². The third-order valence-electron chi connectivity index (χ3n) is 1.99. The number of halogens is 2. The predicted octanol–water partition coefficient (Wildman–Crippen LogP) is 1.53. The lowest BCUT2D eigenvalue weighted by atomic mass is 9.97. The minimum Gasteiger partial charge on any atom is -0.465 e. The summed E-state index contributed by atoms with van der Waals surface area (Å²) in [5.41, 5.74) is -0.910. The summed E-state index contributed by atoms with van der Waals surface area (Å²) in [6, 6.07) is 0. The standard InChI is InChI=1S/C9H9F2NO4/c1-2-16-9(13)5-3-8(12(14)15)7(11)4-6(5)10/h3-6H,2H2,1H3. The lowest BCUT2D eigenvalue weighted by Crippen LogP contribution is -2.28. The molecule has 0 aromatic heterocycles. The molecule has 1 aliphatic rings. The molecule has 0 N–H and O–H groups in total. The van der Waals surface area contributed by atoms with Crippen molar-refractivity contribution in [1.29, 1.82) is 0 Å². The molecule has 2 atom stereocenters. The monoisotopic (exact) mass is 233 g/mol. The van der Waals surface area contributed by atoms with Crippen LogP contribution >= 0.6 is 0 Å². The van der Waals surface area contributed by atoms with Gasteiger partial charge in [0.15, 0.2) is 5.83 Å². The van der Waals surface area contributed by atoms with Gasteiger partial charge >= 0.3 is 11.7 Å². The number of hydrogen-bond donors (Lipinski definition) is 0. The average Bonchev–Trinajstić information content (AvgIpc) is 2.17. The van der Waals surface area contributed by atoms with Gasteiger partial charge in [0.2, 0.25) is 0 Å². The van der Waals surface area contributed by atoms with E-state index in [0.29, 0.717) is 12.2 Å². The van der Waals surface area contributed by atoms with E-state index in [0.717, 1.165) is 0 Å². The number of rotatable bonds is 3. The van der Waals surface area contributed by atoms with Crippen LogP contribution in [0.1, 0.15) is 6.92 Å². The Bertz CT molecular complexity index is 378. The smallest absolute Gasteiger partial charge is 0.316 e. The van der Waals surface area contributed by atoms with Crippen molar-refractivity contribution in [2.45, 2.75) is 13.1 Å². The van der Waals surface area contributed by atoms with Crippen LogP contribution in [0, 0.1) is 16.0 Å². The number of ether oxygens (including phenoxy) is 1. The fourth-order valence-electron chi connectivity index (χ4n) is 1.26. The minimum atomic E-state index is -1.94. The lowest BCUT2D eigenvalue weighted by Gasteiger charge is -2.16. The van der Waals surface area contributed by atoms with Crippen molar-refractivity contribution in [3.05, 3.63) is 33.8 Å². The molecular weight excluding hydrogens is 224 g/mol. The van der Waals surface area contributed by atoms with Crippen LogP contribution in [0.25, 0.3) is 0 Å². The molecule has 0 amide bonds. The summed E-state index contributed by atoms with van der Waals surface area (Å²) in [4.78, 5) is 20.6. The lowest BCUT2D eigenvalue weighted by molar-refractivity contribution is -0.423. The van der Waals surface area contributed by atoms with Crippen molar-refractivity contribution in [2.75, 3.05) is 6.61 Å². The third kappa shape index (κ3) is 2.41. The van der Waals surface area contributed by atoms with Gasteiger partial charge in [-0.3, -0.25) is 14.9 Å². The van der Waals surface area contributed by atoms with E-state index in [1.807, 2.05) is 0 Å². The molecule has 1 rings (SSSR count). The SMILES string of the molecule is CCOC(=O)C1C=C([N+](=O)[O-])C(F)=CC1F. The summed E-state index contributed by atoms with van der Waals surface area (Å²) in [5, 5.41) is 10.4. The number of allylic oxidation sites excluding steroid dienone is 2. The van der Waals surface area contributed by atoms with Crippen LogP contribution in [0.5, 0.6) is 0 Å². The molecule has 7 heteroatoms. The fraction of sp³-hybridized carbons (Fsp3) is 0.444. The summed E-state index contributed by atoms with van der Waals surface area (Å²) in [6.07, 6.45) is -0.903. The number of alkyl halides is 1. The molecule has 0 aliphatic heterocycles. The number of esters is 1. The van der Waals surface area contributed by atoms with Crippen molar-refractivity contribution < 1.29 is 23.2 Å². The van der Waals surface area contributed by atoms with E-state index in [1.54, 1.807) is 0 Å². The van der Waals surface area contributed by atoms with Gasteiger partial charge < -0.3 is 4.74 Å². The Morgan fingerprint density at radius 2 is 2.25 bits per heavy atom. The van der Waals surface area contributed by atoms with Gasteiger partial charge in [-0.2, -0.15) is 4.39 Å². The highest BCUT2D eigenvalue weighted by atomic mass is 19.1. The van der Waals surface area contributed by atoms with Gasteiger partial charge in [-0.15, -0.1) is 0 Å². The van der Waals surface area contributed by atoms with E-state index in [1.165, 1.54) is 6.92 Å². The molecule has 16 heavy (non-hydrogen) atoms. The van der Waals surface area contributed by atoms with E-state index in [-0.39, 0.29) is 6.61 Å². The zero-order valence-corrected chi connectivity index (χ0v) is 8.35. The topological polar surface area (TPSA) is 69.4 Å². The summed E-state index contributed by atoms with van der Waals surface area (Å²) in [6.45, 7) is 1.54. The Morgan fingerprint density at radius 3 is 2.75 bits per heavy atom. The van der Waals surface area contributed by atoms with Crippen molar-refractivity contribution in [2.24, 2.45) is 5.92 Å². The molecule has 0 heterocycles. The quantitative estimate of drug-likeness (QED) is 0.421. The van der Waals surface area contributed by atoms with Crippen molar-refractivity contribution >= 4 is 5.97 Å². The third-order valence-corrected chi connectivity index (χ3v) is 1.99. The van der Waals surface area contributed by atoms with Crippen LogP contribution in [0.3, 0.4) is 0 Å². The molecule has 0 saturated heterocycles. The molecule has 0 fully saturated rings. The average molecular weight is 233 g/mol. The summed E-state index contributed by atoms with van der Waals surface area (Å²) in [7, 11) is 0. The first-order chi connectivity index (χ1) is 7.47. The van der Waals surface area contributed by atoms with Crippen LogP contribution in [0.2, 0.25) is 0 Å². The van der Waals surface area contributed by atoms with Gasteiger partial charge in [0.05, 0.1) is 11.5 Å². The molecule has 2 unspecified atom stereocenters. The minimum absolute atomic E-state index is 0.0237. The highest BCUT2D eigenvalue weighted by Crippen LogP contribution is 2.27. The first kappa shape index (κ1) is 12.3. The zero-order valence-electron chi connectivity index (χ0n) is 8.35. The van der Waals surface area contributed by atoms with Gasteiger partial charge in [0, 0.05) is 6.08 Å². The summed E-state index contributed by atoms with van der Waals surface area (Å²) < 4.78 is 30.7. The Kier molecular flexibility index (Phi) is 3.70. The largest absolute Gasteiger partial charge is 0.465 e. The number of carbonyl (C=O) groups excluding carboxylic acids is 1. The first-order valence-electron chi connectivity index (χ1n) is 4.52. The van der Waals surface area contributed by atoms with Crippen molar-refractivity contribution in [3.63, 3.8) is 0 Å². The molecule has 0 aromatic carbocycles. The van der Waals surface area contributed by atoms with Crippen LogP contribution in [-0.2, 0) is 9.53 Å². The van der Waals surface area contributed by atoms with Gasteiger partial charge in [-0.1, -0.05) is 0 Å². The number of nitrogens with zero attached hydrogens (tertiary/aromatic N) is 1. The number of carbonyl (C=O) groups is 1. The number of nitro groups is 1. The second-order valence-corrected chi connectivity index (χ2v) is 3.05. The van der Waals surface area contributed by atoms with Crippen molar-refractivity contribution in [1.82, 2.24) is 0 Å². The summed E-state index contributed by atoms with van der Waals surface area (Å²) >= 11 is 0. The highest BCUT2D eigenvalue weighted by Gasteiger charge is 2.36. The number of hydrogen-bond acceptors (Lipinski definition) is 4. The van der Waals surface area contributed by atoms with Crippen LogP contribution in [0.4, 0.5) is 8.78 Å². The van der Waals surface area contributed by atoms with Gasteiger partial charge in [-0.25, -0.2) is 4.39 Å². The molecule has 0 radical (unpaired) electrons. The van der Waals surface area contributed by atoms with Crippen LogP contribution in [-0.4, -0.2) is 23.7 Å². The second-order valence-electron chi connectivity index (χ2n) is 3.05. The zero-order chi connectivity index (χ0) is 12.3. The summed E-state index contributed by atoms with van der Waals surface area (Å²) in [5.74, 6) is -3.68. The maximum Gasteiger partial charge on any atom is 0.316 e. The molecule has 5 nitrogen and oxygen atoms in total. The molecule has 0 bridgehead atoms.